The van der Waals surface area contributed by atoms with Gasteiger partial charge in [-0.2, -0.15) is 0 Å². The van der Waals surface area contributed by atoms with E-state index in [0.29, 0.717) is 5.56 Å². The third-order valence-corrected chi connectivity index (χ3v) is 3.27. The summed E-state index contributed by atoms with van der Waals surface area (Å²) in [5, 5.41) is 24.7. The number of nitro benzene ring substituents is 1. The van der Waals surface area contributed by atoms with E-state index in [-0.39, 0.29) is 18.2 Å². The summed E-state index contributed by atoms with van der Waals surface area (Å²) >= 11 is 0. The number of para-hydroxylation sites is 1. The van der Waals surface area contributed by atoms with Crippen LogP contribution in [0.1, 0.15) is 18.4 Å². The van der Waals surface area contributed by atoms with Crippen molar-refractivity contribution in [3.8, 4) is 0 Å². The van der Waals surface area contributed by atoms with Crippen molar-refractivity contribution in [2.75, 3.05) is 0 Å². The Morgan fingerprint density at radius 2 is 2.05 bits per heavy atom. The third-order valence-electron chi connectivity index (χ3n) is 3.27. The number of carboxylic acids is 1. The van der Waals surface area contributed by atoms with Gasteiger partial charge in [-0.05, 0) is 18.8 Å². The minimum absolute atomic E-state index is 0.0284. The van der Waals surface area contributed by atoms with Crippen molar-refractivity contribution in [3.63, 3.8) is 0 Å². The molecule has 1 fully saturated rings. The zero-order valence-electron chi connectivity index (χ0n) is 11.1. The molecule has 0 spiro atoms. The lowest BCUT2D eigenvalue weighted by atomic mass is 10.2. The highest BCUT2D eigenvalue weighted by Crippen LogP contribution is 2.32. The number of nitro groups is 1. The molecule has 0 bridgehead atoms. The average molecular weight is 293 g/mol. The molecule has 1 aliphatic rings. The van der Waals surface area contributed by atoms with Crippen LogP contribution < -0.4 is 10.6 Å². The maximum Gasteiger partial charge on any atom is 0.326 e. The van der Waals surface area contributed by atoms with Gasteiger partial charge in [0.25, 0.3) is 5.69 Å². The van der Waals surface area contributed by atoms with Gasteiger partial charge in [0.15, 0.2) is 0 Å². The molecule has 1 unspecified atom stereocenters. The van der Waals surface area contributed by atoms with Crippen molar-refractivity contribution in [3.05, 3.63) is 39.9 Å². The SMILES string of the molecule is O=C(NCc1ccccc1[N+](=O)[O-])NC(C(=O)O)C1CC1. The number of aliphatic carboxylic acids is 1. The Bertz CT molecular complexity index is 571. The Hall–Kier alpha value is -2.64. The van der Waals surface area contributed by atoms with Gasteiger partial charge >= 0.3 is 12.0 Å². The van der Waals surface area contributed by atoms with E-state index in [1.807, 2.05) is 0 Å². The van der Waals surface area contributed by atoms with Gasteiger partial charge in [-0.15, -0.1) is 0 Å². The van der Waals surface area contributed by atoms with Crippen molar-refractivity contribution in [2.24, 2.45) is 5.92 Å². The van der Waals surface area contributed by atoms with E-state index in [1.165, 1.54) is 18.2 Å². The fourth-order valence-electron chi connectivity index (χ4n) is 2.02. The molecule has 1 saturated carbocycles. The summed E-state index contributed by atoms with van der Waals surface area (Å²) < 4.78 is 0. The standard InChI is InChI=1S/C13H15N3O5/c17-12(18)11(8-5-6-8)15-13(19)14-7-9-3-1-2-4-10(9)16(20)21/h1-4,8,11H,5-7H2,(H,17,18)(H2,14,15,19). The first-order chi connectivity index (χ1) is 9.99. The van der Waals surface area contributed by atoms with E-state index in [2.05, 4.69) is 10.6 Å². The van der Waals surface area contributed by atoms with Gasteiger partial charge in [0.05, 0.1) is 11.5 Å². The summed E-state index contributed by atoms with van der Waals surface area (Å²) in [7, 11) is 0. The van der Waals surface area contributed by atoms with Crippen LogP contribution in [0.4, 0.5) is 10.5 Å². The first-order valence-corrected chi connectivity index (χ1v) is 6.48. The first kappa shape index (κ1) is 14.8. The second kappa shape index (κ2) is 6.21. The number of nitrogens with one attached hydrogen (secondary N) is 2. The highest BCUT2D eigenvalue weighted by atomic mass is 16.6. The van der Waals surface area contributed by atoms with Crippen LogP contribution in [0.15, 0.2) is 24.3 Å². The average Bonchev–Trinajstić information content (AvgIpc) is 3.26. The van der Waals surface area contributed by atoms with Crippen LogP contribution in [0.2, 0.25) is 0 Å². The lowest BCUT2D eigenvalue weighted by Crippen LogP contribution is -2.47. The summed E-state index contributed by atoms with van der Waals surface area (Å²) in [6.45, 7) is -0.0417. The zero-order valence-corrected chi connectivity index (χ0v) is 11.1. The smallest absolute Gasteiger partial charge is 0.326 e. The number of carbonyl (C=O) groups is 2. The molecular formula is C13H15N3O5. The molecule has 1 aromatic rings. The fourth-order valence-corrected chi connectivity index (χ4v) is 2.02. The van der Waals surface area contributed by atoms with E-state index in [0.717, 1.165) is 12.8 Å². The van der Waals surface area contributed by atoms with Gasteiger partial charge in [-0.1, -0.05) is 18.2 Å². The molecule has 8 heteroatoms. The molecule has 2 amide bonds. The van der Waals surface area contributed by atoms with Gasteiger partial charge in [0.2, 0.25) is 0 Å². The van der Waals surface area contributed by atoms with Crippen molar-refractivity contribution in [2.45, 2.75) is 25.4 Å². The number of amides is 2. The Kier molecular flexibility index (Phi) is 4.36. The predicted octanol–water partition coefficient (Wildman–Crippen LogP) is 1.26. The zero-order chi connectivity index (χ0) is 15.4. The molecular weight excluding hydrogens is 278 g/mol. The van der Waals surface area contributed by atoms with E-state index in [4.69, 9.17) is 5.11 Å². The van der Waals surface area contributed by atoms with E-state index in [1.54, 1.807) is 6.07 Å². The lowest BCUT2D eigenvalue weighted by molar-refractivity contribution is -0.385. The van der Waals surface area contributed by atoms with Crippen LogP contribution in [-0.2, 0) is 11.3 Å². The van der Waals surface area contributed by atoms with Crippen LogP contribution in [-0.4, -0.2) is 28.1 Å². The predicted molar refractivity (Wildman–Crippen MR) is 72.6 cm³/mol. The van der Waals surface area contributed by atoms with Crippen molar-refractivity contribution >= 4 is 17.7 Å². The van der Waals surface area contributed by atoms with Gasteiger partial charge in [-0.3, -0.25) is 10.1 Å². The molecule has 112 valence electrons. The summed E-state index contributed by atoms with van der Waals surface area (Å²) in [5.41, 5.74) is 0.269. The summed E-state index contributed by atoms with van der Waals surface area (Å²) in [6.07, 6.45) is 1.56. The van der Waals surface area contributed by atoms with Crippen LogP contribution >= 0.6 is 0 Å². The number of carbonyl (C=O) groups excluding carboxylic acids is 1. The maximum absolute atomic E-state index is 11.7. The Morgan fingerprint density at radius 1 is 1.38 bits per heavy atom. The highest BCUT2D eigenvalue weighted by molar-refractivity contribution is 5.83. The Morgan fingerprint density at radius 3 is 2.62 bits per heavy atom. The minimum Gasteiger partial charge on any atom is -0.480 e. The molecule has 0 heterocycles. The van der Waals surface area contributed by atoms with E-state index >= 15 is 0 Å². The molecule has 0 aromatic heterocycles. The Balaban J connectivity index is 1.92. The topological polar surface area (TPSA) is 122 Å². The van der Waals surface area contributed by atoms with Gasteiger partial charge < -0.3 is 15.7 Å². The normalized spacial score (nSPS) is 15.0. The number of carboxylic acid groups (broad SMARTS) is 1. The second-order valence-corrected chi connectivity index (χ2v) is 4.87. The molecule has 1 aliphatic carbocycles. The molecule has 1 atom stereocenters. The fraction of sp³-hybridized carbons (Fsp3) is 0.385. The molecule has 0 aliphatic heterocycles. The van der Waals surface area contributed by atoms with Gasteiger partial charge in [0, 0.05) is 11.6 Å². The van der Waals surface area contributed by atoms with Crippen molar-refractivity contribution in [1.82, 2.24) is 10.6 Å². The summed E-state index contributed by atoms with van der Waals surface area (Å²) in [4.78, 5) is 33.0. The lowest BCUT2D eigenvalue weighted by Gasteiger charge is -2.14. The first-order valence-electron chi connectivity index (χ1n) is 6.48. The monoisotopic (exact) mass is 293 g/mol. The maximum atomic E-state index is 11.7. The van der Waals surface area contributed by atoms with E-state index in [9.17, 15) is 19.7 Å². The van der Waals surface area contributed by atoms with Crippen molar-refractivity contribution < 1.29 is 19.6 Å². The number of benzene rings is 1. The van der Waals surface area contributed by atoms with Crippen LogP contribution in [0.25, 0.3) is 0 Å². The summed E-state index contributed by atoms with van der Waals surface area (Å²) in [5.74, 6) is -1.10. The number of hydrogen-bond acceptors (Lipinski definition) is 4. The molecule has 21 heavy (non-hydrogen) atoms. The molecule has 3 N–H and O–H groups in total. The Labute approximate surface area is 120 Å². The molecule has 2 rings (SSSR count). The second-order valence-electron chi connectivity index (χ2n) is 4.87. The largest absolute Gasteiger partial charge is 0.480 e. The number of urea groups is 1. The van der Waals surface area contributed by atoms with Crippen molar-refractivity contribution in [1.29, 1.82) is 0 Å². The minimum atomic E-state index is -1.07. The van der Waals surface area contributed by atoms with Crippen LogP contribution in [0, 0.1) is 16.0 Å². The highest BCUT2D eigenvalue weighted by Gasteiger charge is 2.37. The number of rotatable bonds is 6. The van der Waals surface area contributed by atoms with E-state index < -0.39 is 23.0 Å². The number of nitrogens with zero attached hydrogens (tertiary/aromatic N) is 1. The third kappa shape index (κ3) is 3.91. The molecule has 8 nitrogen and oxygen atoms in total. The van der Waals surface area contributed by atoms with Crippen LogP contribution in [0.3, 0.4) is 0 Å². The van der Waals surface area contributed by atoms with Crippen LogP contribution in [0.5, 0.6) is 0 Å². The summed E-state index contributed by atoms with van der Waals surface area (Å²) in [6, 6.07) is 4.50. The molecule has 0 radical (unpaired) electrons. The van der Waals surface area contributed by atoms with Gasteiger partial charge in [0.1, 0.15) is 6.04 Å². The quantitative estimate of drug-likeness (QED) is 0.538. The van der Waals surface area contributed by atoms with Gasteiger partial charge in [-0.25, -0.2) is 9.59 Å². The molecule has 0 saturated heterocycles. The molecule has 1 aromatic carbocycles. The number of hydrogen-bond donors (Lipinski definition) is 3.